The number of carbonyl (C=O) groups excluding carboxylic acids is 1. The van der Waals surface area contributed by atoms with E-state index in [1.165, 1.54) is 51.4 Å². The van der Waals surface area contributed by atoms with Gasteiger partial charge in [-0.25, -0.2) is 0 Å². The summed E-state index contributed by atoms with van der Waals surface area (Å²) in [7, 11) is 0. The van der Waals surface area contributed by atoms with Crippen molar-refractivity contribution in [3.63, 3.8) is 0 Å². The molecule has 1 heterocycles. The molecule has 1 spiro atoms. The van der Waals surface area contributed by atoms with Crippen molar-refractivity contribution in [2.75, 3.05) is 19.6 Å². The van der Waals surface area contributed by atoms with Crippen molar-refractivity contribution >= 4 is 5.91 Å². The second-order valence-corrected chi connectivity index (χ2v) is 6.95. The first-order valence-electron chi connectivity index (χ1n) is 8.29. The first-order valence-corrected chi connectivity index (χ1v) is 8.29. The monoisotopic (exact) mass is 264 g/mol. The summed E-state index contributed by atoms with van der Waals surface area (Å²) in [4.78, 5) is 12.1. The lowest BCUT2D eigenvalue weighted by Gasteiger charge is -2.23. The molecule has 1 unspecified atom stereocenters. The average molecular weight is 264 g/mol. The largest absolute Gasteiger partial charge is 0.356 e. The van der Waals surface area contributed by atoms with Crippen molar-refractivity contribution in [2.45, 2.75) is 57.8 Å². The van der Waals surface area contributed by atoms with Gasteiger partial charge in [-0.1, -0.05) is 25.7 Å². The number of hydrogen-bond donors (Lipinski definition) is 2. The Bertz CT molecular complexity index is 317. The molecule has 0 bridgehead atoms. The summed E-state index contributed by atoms with van der Waals surface area (Å²) >= 11 is 0. The molecular weight excluding hydrogens is 236 g/mol. The molecule has 2 N–H and O–H groups in total. The molecule has 3 heteroatoms. The van der Waals surface area contributed by atoms with Gasteiger partial charge in [0.25, 0.3) is 0 Å². The molecule has 3 fully saturated rings. The van der Waals surface area contributed by atoms with E-state index in [1.54, 1.807) is 0 Å². The third kappa shape index (κ3) is 3.13. The summed E-state index contributed by atoms with van der Waals surface area (Å²) in [5.41, 5.74) is 0.390. The van der Waals surface area contributed by atoms with Crippen molar-refractivity contribution in [3.8, 4) is 0 Å². The maximum Gasteiger partial charge on any atom is 0.223 e. The standard InChI is InChI=1S/C16H28N2O/c19-15(14-12-16(14)7-10-17-11-8-16)18-9-3-6-13-4-1-2-5-13/h13-14,17H,1-12H2,(H,18,19). The fraction of sp³-hybridized carbons (Fsp3) is 0.938. The van der Waals surface area contributed by atoms with Crippen molar-refractivity contribution in [1.82, 2.24) is 10.6 Å². The lowest BCUT2D eigenvalue weighted by atomic mass is 9.92. The zero-order valence-corrected chi connectivity index (χ0v) is 12.0. The maximum absolute atomic E-state index is 12.1. The van der Waals surface area contributed by atoms with Gasteiger partial charge >= 0.3 is 0 Å². The van der Waals surface area contributed by atoms with E-state index < -0.39 is 0 Å². The zero-order valence-electron chi connectivity index (χ0n) is 12.0. The van der Waals surface area contributed by atoms with E-state index in [9.17, 15) is 4.79 Å². The number of amides is 1. The van der Waals surface area contributed by atoms with Crippen molar-refractivity contribution in [3.05, 3.63) is 0 Å². The summed E-state index contributed by atoms with van der Waals surface area (Å²) in [5.74, 6) is 1.63. The maximum atomic E-state index is 12.1. The summed E-state index contributed by atoms with van der Waals surface area (Å²) in [6.45, 7) is 3.11. The van der Waals surface area contributed by atoms with Crippen LogP contribution in [0.4, 0.5) is 0 Å². The Balaban J connectivity index is 1.31. The SMILES string of the molecule is O=C(NCCCC1CCCC1)C1CC12CCNCC2. The minimum atomic E-state index is 0.334. The van der Waals surface area contributed by atoms with Crippen molar-refractivity contribution < 1.29 is 4.79 Å². The summed E-state index contributed by atoms with van der Waals surface area (Å²) in [5, 5.41) is 6.57. The van der Waals surface area contributed by atoms with Gasteiger partial charge in [-0.3, -0.25) is 4.79 Å². The summed E-state index contributed by atoms with van der Waals surface area (Å²) in [6.07, 6.45) is 11.7. The van der Waals surface area contributed by atoms with Crippen LogP contribution in [-0.4, -0.2) is 25.5 Å². The molecule has 3 aliphatic rings. The molecule has 2 aliphatic carbocycles. The lowest BCUT2D eigenvalue weighted by Crippen LogP contribution is -2.34. The van der Waals surface area contributed by atoms with Gasteiger partial charge in [-0.05, 0) is 56.5 Å². The highest BCUT2D eigenvalue weighted by Crippen LogP contribution is 2.58. The van der Waals surface area contributed by atoms with E-state index >= 15 is 0 Å². The highest BCUT2D eigenvalue weighted by atomic mass is 16.2. The number of hydrogen-bond acceptors (Lipinski definition) is 2. The van der Waals surface area contributed by atoms with Gasteiger partial charge in [0.2, 0.25) is 5.91 Å². The fourth-order valence-corrected chi connectivity index (χ4v) is 4.22. The minimum Gasteiger partial charge on any atom is -0.356 e. The van der Waals surface area contributed by atoms with Gasteiger partial charge < -0.3 is 10.6 Å². The molecule has 1 amide bonds. The second kappa shape index (κ2) is 5.82. The van der Waals surface area contributed by atoms with Gasteiger partial charge in [0.1, 0.15) is 0 Å². The topological polar surface area (TPSA) is 41.1 Å². The van der Waals surface area contributed by atoms with Gasteiger partial charge in [0, 0.05) is 12.5 Å². The second-order valence-electron chi connectivity index (χ2n) is 6.95. The average Bonchev–Trinajstić information content (AvgIpc) is 2.89. The van der Waals surface area contributed by atoms with Crippen LogP contribution in [0.5, 0.6) is 0 Å². The van der Waals surface area contributed by atoms with Gasteiger partial charge in [-0.2, -0.15) is 0 Å². The van der Waals surface area contributed by atoms with Crippen LogP contribution >= 0.6 is 0 Å². The first-order chi connectivity index (χ1) is 9.30. The number of piperidine rings is 1. The predicted molar refractivity (Wildman–Crippen MR) is 76.8 cm³/mol. The summed E-state index contributed by atoms with van der Waals surface area (Å²) in [6, 6.07) is 0. The fourth-order valence-electron chi connectivity index (χ4n) is 4.22. The molecule has 108 valence electrons. The molecule has 0 aromatic heterocycles. The molecule has 0 radical (unpaired) electrons. The zero-order chi connectivity index (χ0) is 13.1. The van der Waals surface area contributed by atoms with Gasteiger partial charge in [0.05, 0.1) is 0 Å². The highest BCUT2D eigenvalue weighted by Gasteiger charge is 2.57. The minimum absolute atomic E-state index is 0.334. The van der Waals surface area contributed by atoms with E-state index in [-0.39, 0.29) is 0 Å². The Labute approximate surface area is 116 Å². The van der Waals surface area contributed by atoms with Crippen molar-refractivity contribution in [1.29, 1.82) is 0 Å². The smallest absolute Gasteiger partial charge is 0.223 e. The third-order valence-electron chi connectivity index (χ3n) is 5.67. The van der Waals surface area contributed by atoms with Crippen molar-refractivity contribution in [2.24, 2.45) is 17.3 Å². The van der Waals surface area contributed by atoms with E-state index in [1.807, 2.05) is 0 Å². The number of nitrogens with one attached hydrogen (secondary N) is 2. The Kier molecular flexibility index (Phi) is 4.11. The summed E-state index contributed by atoms with van der Waals surface area (Å²) < 4.78 is 0. The molecule has 0 aromatic carbocycles. The predicted octanol–water partition coefficient (Wildman–Crippen LogP) is 2.46. The lowest BCUT2D eigenvalue weighted by molar-refractivity contribution is -0.123. The molecule has 1 atom stereocenters. The third-order valence-corrected chi connectivity index (χ3v) is 5.67. The number of rotatable bonds is 5. The van der Waals surface area contributed by atoms with Crippen LogP contribution < -0.4 is 10.6 Å². The van der Waals surface area contributed by atoms with E-state index in [2.05, 4.69) is 10.6 Å². The molecule has 0 aromatic rings. The Morgan fingerprint density at radius 2 is 1.95 bits per heavy atom. The van der Waals surface area contributed by atoms with Crippen LogP contribution in [-0.2, 0) is 4.79 Å². The quantitative estimate of drug-likeness (QED) is 0.749. The molecule has 1 saturated heterocycles. The highest BCUT2D eigenvalue weighted by molar-refractivity contribution is 5.82. The van der Waals surface area contributed by atoms with E-state index in [4.69, 9.17) is 0 Å². The molecule has 19 heavy (non-hydrogen) atoms. The van der Waals surface area contributed by atoms with Crippen LogP contribution in [0, 0.1) is 17.3 Å². The van der Waals surface area contributed by atoms with Gasteiger partial charge in [-0.15, -0.1) is 0 Å². The van der Waals surface area contributed by atoms with E-state index in [0.717, 1.165) is 32.0 Å². The van der Waals surface area contributed by atoms with Crippen LogP contribution in [0.15, 0.2) is 0 Å². The molecule has 2 saturated carbocycles. The Morgan fingerprint density at radius 1 is 1.21 bits per heavy atom. The van der Waals surface area contributed by atoms with Crippen LogP contribution in [0.1, 0.15) is 57.8 Å². The Morgan fingerprint density at radius 3 is 2.68 bits per heavy atom. The van der Waals surface area contributed by atoms with Crippen LogP contribution in [0.2, 0.25) is 0 Å². The molecular formula is C16H28N2O. The van der Waals surface area contributed by atoms with E-state index in [0.29, 0.717) is 17.2 Å². The first kappa shape index (κ1) is 13.4. The van der Waals surface area contributed by atoms with Crippen LogP contribution in [0.3, 0.4) is 0 Å². The van der Waals surface area contributed by atoms with Crippen LogP contribution in [0.25, 0.3) is 0 Å². The molecule has 3 nitrogen and oxygen atoms in total. The molecule has 1 aliphatic heterocycles. The number of carbonyl (C=O) groups is 1. The molecule has 3 rings (SSSR count). The van der Waals surface area contributed by atoms with Gasteiger partial charge in [0.15, 0.2) is 0 Å². The Hall–Kier alpha value is -0.570. The normalized spacial score (nSPS) is 29.6.